The number of allylic oxidation sites excluding steroid dienone is 1. The molecule has 0 fully saturated rings. The summed E-state index contributed by atoms with van der Waals surface area (Å²) in [5.74, 6) is 0.381. The lowest BCUT2D eigenvalue weighted by Gasteiger charge is -2.26. The molecule has 3 heterocycles. The van der Waals surface area contributed by atoms with Crippen LogP contribution in [-0.2, 0) is 9.53 Å². The highest BCUT2D eigenvalue weighted by molar-refractivity contribution is 7.99. The maximum Gasteiger partial charge on any atom is 0.338 e. The van der Waals surface area contributed by atoms with Gasteiger partial charge in [-0.15, -0.1) is 0 Å². The number of nitrogens with zero attached hydrogens (tertiary/aromatic N) is 5. The average molecular weight is 678 g/mol. The van der Waals surface area contributed by atoms with Gasteiger partial charge in [-0.25, -0.2) is 19.8 Å². The van der Waals surface area contributed by atoms with Crippen molar-refractivity contribution in [2.75, 3.05) is 27.9 Å². The Bertz CT molecular complexity index is 2080. The van der Waals surface area contributed by atoms with Gasteiger partial charge in [-0.1, -0.05) is 17.4 Å². The van der Waals surface area contributed by atoms with Gasteiger partial charge < -0.3 is 18.9 Å². The monoisotopic (exact) mass is 677 g/mol. The maximum atomic E-state index is 14.1. The molecule has 0 unspecified atom stereocenters. The minimum Gasteiger partial charge on any atom is -0.493 e. The van der Waals surface area contributed by atoms with Crippen LogP contribution < -0.4 is 29.1 Å². The molecule has 1 aliphatic rings. The topological polar surface area (TPSA) is 157 Å². The zero-order chi connectivity index (χ0) is 34.0. The summed E-state index contributed by atoms with van der Waals surface area (Å²) in [5.41, 5.74) is 2.36. The van der Waals surface area contributed by atoms with E-state index < -0.39 is 22.5 Å². The van der Waals surface area contributed by atoms with Crippen LogP contribution in [0.2, 0.25) is 0 Å². The highest BCUT2D eigenvalue weighted by Crippen LogP contribution is 2.42. The van der Waals surface area contributed by atoms with Crippen molar-refractivity contribution >= 4 is 40.8 Å². The molecule has 2 aromatic heterocycles. The Balaban J connectivity index is 1.67. The number of aromatic nitrogens is 3. The van der Waals surface area contributed by atoms with E-state index in [1.807, 2.05) is 19.9 Å². The first-order valence-corrected chi connectivity index (χ1v) is 15.9. The van der Waals surface area contributed by atoms with Crippen LogP contribution in [0.1, 0.15) is 42.4 Å². The van der Waals surface area contributed by atoms with E-state index in [1.165, 1.54) is 32.0 Å². The predicted molar refractivity (Wildman–Crippen MR) is 175 cm³/mol. The molecule has 2 aromatic carbocycles. The van der Waals surface area contributed by atoms with Crippen LogP contribution in [0.15, 0.2) is 67.5 Å². The Labute approximate surface area is 277 Å². The molecule has 13 nitrogen and oxygen atoms in total. The number of fused-ring (bicyclic) bond motifs is 1. The third-order valence-corrected chi connectivity index (χ3v) is 9.07. The second kappa shape index (κ2) is 13.8. The van der Waals surface area contributed by atoms with Crippen LogP contribution in [0.25, 0.3) is 6.08 Å². The van der Waals surface area contributed by atoms with E-state index >= 15 is 0 Å². The molecule has 47 heavy (non-hydrogen) atoms. The van der Waals surface area contributed by atoms with Crippen LogP contribution >= 0.6 is 23.1 Å². The van der Waals surface area contributed by atoms with E-state index in [9.17, 15) is 19.7 Å². The number of benzene rings is 2. The first-order valence-electron chi connectivity index (χ1n) is 14.3. The number of aryl methyl sites for hydroxylation is 2. The smallest absolute Gasteiger partial charge is 0.338 e. The van der Waals surface area contributed by atoms with Crippen LogP contribution in [-0.4, -0.2) is 53.4 Å². The van der Waals surface area contributed by atoms with Crippen molar-refractivity contribution in [1.82, 2.24) is 14.5 Å². The zero-order valence-electron chi connectivity index (χ0n) is 26.6. The van der Waals surface area contributed by atoms with Crippen LogP contribution in [0.3, 0.4) is 0 Å². The Morgan fingerprint density at radius 3 is 2.28 bits per heavy atom. The SMILES string of the molecule is CCOC(=O)C1=C(C)N=c2s/c(=C/c3ccc(Sc4nc(C)cc(C)n4)c([N+](=O)[O-])c3)c(=O)n2[C@H]1c1cc(OC)c(OC)c(OC)c1. The standard InChI is InChI=1S/C32H31N5O8S2/c1-8-45-30(39)26-18(4)35-32-36(27(26)20-14-22(42-5)28(44-7)23(15-20)43-6)29(38)25(47-32)13-19-9-10-24(21(12-19)37(40)41)46-31-33-16(2)11-17(3)34-31/h9-15,27H,8H2,1-7H3/b25-13+/t27-/m0/s1. The highest BCUT2D eigenvalue weighted by atomic mass is 32.2. The molecule has 0 saturated heterocycles. The number of nitro groups is 1. The Morgan fingerprint density at radius 1 is 1.04 bits per heavy atom. The third-order valence-electron chi connectivity index (χ3n) is 7.16. The summed E-state index contributed by atoms with van der Waals surface area (Å²) in [6.07, 6.45) is 1.56. The normalized spacial score (nSPS) is 14.4. The zero-order valence-corrected chi connectivity index (χ0v) is 28.3. The molecule has 4 aromatic rings. The van der Waals surface area contributed by atoms with E-state index in [1.54, 1.807) is 44.2 Å². The fraction of sp³-hybridized carbons (Fsp3) is 0.281. The molecule has 0 aliphatic carbocycles. The molecule has 5 rings (SSSR count). The number of esters is 1. The van der Waals surface area contributed by atoms with Crippen molar-refractivity contribution in [2.24, 2.45) is 4.99 Å². The summed E-state index contributed by atoms with van der Waals surface area (Å²) in [7, 11) is 4.42. The minimum absolute atomic E-state index is 0.116. The number of rotatable bonds is 10. The number of nitro benzene ring substituents is 1. The van der Waals surface area contributed by atoms with Gasteiger partial charge in [-0.3, -0.25) is 19.5 Å². The van der Waals surface area contributed by atoms with E-state index in [0.29, 0.717) is 48.9 Å². The molecule has 15 heteroatoms. The molecular formula is C32H31N5O8S2. The Hall–Kier alpha value is -5.02. The summed E-state index contributed by atoms with van der Waals surface area (Å²) < 4.78 is 23.6. The first kappa shape index (κ1) is 33.3. The van der Waals surface area contributed by atoms with Crippen molar-refractivity contribution in [3.05, 3.63) is 100.0 Å². The summed E-state index contributed by atoms with van der Waals surface area (Å²) in [6, 6.07) is 8.89. The number of hydrogen-bond donors (Lipinski definition) is 0. The fourth-order valence-corrected chi connectivity index (χ4v) is 7.20. The van der Waals surface area contributed by atoms with Gasteiger partial charge in [0.25, 0.3) is 11.2 Å². The van der Waals surface area contributed by atoms with Gasteiger partial charge in [-0.2, -0.15) is 0 Å². The van der Waals surface area contributed by atoms with E-state index in [2.05, 4.69) is 15.0 Å². The number of carbonyl (C=O) groups is 1. The second-order valence-corrected chi connectivity index (χ2v) is 12.3. The lowest BCUT2D eigenvalue weighted by molar-refractivity contribution is -0.387. The lowest BCUT2D eigenvalue weighted by atomic mass is 9.95. The van der Waals surface area contributed by atoms with Gasteiger partial charge in [-0.05, 0) is 80.9 Å². The summed E-state index contributed by atoms with van der Waals surface area (Å²) in [4.78, 5) is 53.1. The van der Waals surface area contributed by atoms with Gasteiger partial charge in [0.2, 0.25) is 5.75 Å². The van der Waals surface area contributed by atoms with E-state index in [-0.39, 0.29) is 22.4 Å². The number of methoxy groups -OCH3 is 3. The molecule has 0 radical (unpaired) electrons. The number of hydrogen-bond acceptors (Lipinski definition) is 13. The molecule has 1 aliphatic heterocycles. The average Bonchev–Trinajstić information content (AvgIpc) is 3.33. The highest BCUT2D eigenvalue weighted by Gasteiger charge is 2.35. The number of thiazole rings is 1. The molecule has 0 N–H and O–H groups in total. The maximum absolute atomic E-state index is 14.1. The second-order valence-electron chi connectivity index (χ2n) is 10.3. The molecule has 0 saturated carbocycles. The number of carbonyl (C=O) groups excluding carboxylic acids is 1. The van der Waals surface area contributed by atoms with Crippen LogP contribution in [0.4, 0.5) is 5.69 Å². The van der Waals surface area contributed by atoms with Gasteiger partial charge in [0, 0.05) is 17.5 Å². The molecule has 0 bridgehead atoms. The van der Waals surface area contributed by atoms with Gasteiger partial charge in [0.15, 0.2) is 21.5 Å². The lowest BCUT2D eigenvalue weighted by Crippen LogP contribution is -2.40. The van der Waals surface area contributed by atoms with Gasteiger partial charge in [0.05, 0.1) is 59.6 Å². The van der Waals surface area contributed by atoms with Crippen molar-refractivity contribution in [2.45, 2.75) is 43.8 Å². The van der Waals surface area contributed by atoms with Gasteiger partial charge >= 0.3 is 5.97 Å². The van der Waals surface area contributed by atoms with Crippen molar-refractivity contribution in [1.29, 1.82) is 0 Å². The van der Waals surface area contributed by atoms with E-state index in [4.69, 9.17) is 18.9 Å². The summed E-state index contributed by atoms with van der Waals surface area (Å²) in [6.45, 7) is 7.14. The third kappa shape index (κ3) is 6.62. The van der Waals surface area contributed by atoms with E-state index in [0.717, 1.165) is 34.5 Å². The molecule has 0 spiro atoms. The molecule has 1 atom stereocenters. The Morgan fingerprint density at radius 2 is 1.70 bits per heavy atom. The van der Waals surface area contributed by atoms with Crippen molar-refractivity contribution in [3.8, 4) is 17.2 Å². The summed E-state index contributed by atoms with van der Waals surface area (Å²) >= 11 is 2.19. The predicted octanol–water partition coefficient (Wildman–Crippen LogP) is 4.29. The largest absolute Gasteiger partial charge is 0.493 e. The van der Waals surface area contributed by atoms with Crippen molar-refractivity contribution in [3.63, 3.8) is 0 Å². The quantitative estimate of drug-likeness (QED) is 0.102. The molecule has 0 amide bonds. The summed E-state index contributed by atoms with van der Waals surface area (Å²) in [5, 5.41) is 12.5. The molecular weight excluding hydrogens is 647 g/mol. The minimum atomic E-state index is -0.952. The van der Waals surface area contributed by atoms with Crippen LogP contribution in [0.5, 0.6) is 17.2 Å². The fourth-order valence-electron chi connectivity index (χ4n) is 5.21. The Kier molecular flexibility index (Phi) is 9.77. The van der Waals surface area contributed by atoms with Crippen molar-refractivity contribution < 1.29 is 28.7 Å². The first-order chi connectivity index (χ1) is 22.5. The van der Waals surface area contributed by atoms with Crippen LogP contribution in [0, 0.1) is 24.0 Å². The molecule has 244 valence electrons. The van der Waals surface area contributed by atoms with Gasteiger partial charge in [0.1, 0.15) is 0 Å². The number of ether oxygens (including phenoxy) is 4.